The number of likely N-dealkylation sites (tertiary alicyclic amines) is 1. The van der Waals surface area contributed by atoms with Gasteiger partial charge < -0.3 is 15.1 Å². The van der Waals surface area contributed by atoms with Crippen molar-refractivity contribution in [2.75, 3.05) is 13.2 Å². The monoisotopic (exact) mass is 213 g/mol. The predicted octanol–water partition coefficient (Wildman–Crippen LogP) is 1.68. The highest BCUT2D eigenvalue weighted by atomic mass is 16.4. The number of aliphatic hydroxyl groups is 1. The quantitative estimate of drug-likeness (QED) is 0.696. The summed E-state index contributed by atoms with van der Waals surface area (Å²) in [6.07, 6.45) is 5.95. The predicted molar refractivity (Wildman–Crippen MR) is 55.7 cm³/mol. The molecule has 1 spiro atoms. The molecule has 0 aromatic rings. The zero-order chi connectivity index (χ0) is 10.9. The number of aliphatic hydroxyl groups excluding tert-OH is 1. The summed E-state index contributed by atoms with van der Waals surface area (Å²) in [6, 6.07) is -0.166. The molecule has 1 amide bonds. The van der Waals surface area contributed by atoms with Crippen LogP contribution in [-0.4, -0.2) is 40.4 Å². The van der Waals surface area contributed by atoms with E-state index in [2.05, 4.69) is 0 Å². The molecule has 1 unspecified atom stereocenters. The van der Waals surface area contributed by atoms with E-state index >= 15 is 0 Å². The molecule has 2 rings (SSSR count). The zero-order valence-corrected chi connectivity index (χ0v) is 8.98. The van der Waals surface area contributed by atoms with Gasteiger partial charge in [-0.2, -0.15) is 0 Å². The zero-order valence-electron chi connectivity index (χ0n) is 8.98. The molecule has 2 N–H and O–H groups in total. The van der Waals surface area contributed by atoms with Gasteiger partial charge in [0.05, 0.1) is 12.6 Å². The molecule has 1 saturated heterocycles. The first-order chi connectivity index (χ1) is 7.17. The van der Waals surface area contributed by atoms with E-state index in [1.807, 2.05) is 0 Å². The van der Waals surface area contributed by atoms with E-state index in [-0.39, 0.29) is 18.1 Å². The first-order valence-electron chi connectivity index (χ1n) is 5.77. The minimum absolute atomic E-state index is 0.0337. The molecule has 2 fully saturated rings. The Bertz CT molecular complexity index is 248. The van der Waals surface area contributed by atoms with Crippen molar-refractivity contribution in [2.24, 2.45) is 5.41 Å². The van der Waals surface area contributed by atoms with Gasteiger partial charge in [-0.3, -0.25) is 0 Å². The highest BCUT2D eigenvalue weighted by Gasteiger charge is 2.45. The van der Waals surface area contributed by atoms with Crippen molar-refractivity contribution in [3.8, 4) is 0 Å². The molecule has 1 heterocycles. The van der Waals surface area contributed by atoms with Crippen LogP contribution in [0.1, 0.15) is 38.5 Å². The average molecular weight is 213 g/mol. The minimum Gasteiger partial charge on any atom is -0.465 e. The van der Waals surface area contributed by atoms with Gasteiger partial charge in [-0.05, 0) is 24.7 Å². The van der Waals surface area contributed by atoms with Gasteiger partial charge in [0.2, 0.25) is 0 Å². The molecule has 86 valence electrons. The Morgan fingerprint density at radius 2 is 2.00 bits per heavy atom. The molecule has 4 heteroatoms. The van der Waals surface area contributed by atoms with Gasteiger partial charge >= 0.3 is 6.09 Å². The number of nitrogens with zero attached hydrogens (tertiary/aromatic N) is 1. The molecule has 1 aliphatic heterocycles. The van der Waals surface area contributed by atoms with Crippen molar-refractivity contribution < 1.29 is 15.0 Å². The summed E-state index contributed by atoms with van der Waals surface area (Å²) in [6.45, 7) is 0.599. The van der Waals surface area contributed by atoms with Crippen LogP contribution in [0, 0.1) is 5.41 Å². The smallest absolute Gasteiger partial charge is 0.407 e. The van der Waals surface area contributed by atoms with Gasteiger partial charge in [-0.15, -0.1) is 0 Å². The van der Waals surface area contributed by atoms with Crippen LogP contribution in [0.5, 0.6) is 0 Å². The lowest BCUT2D eigenvalue weighted by atomic mass is 9.73. The van der Waals surface area contributed by atoms with Gasteiger partial charge in [0.15, 0.2) is 0 Å². The maximum atomic E-state index is 11.0. The van der Waals surface area contributed by atoms with E-state index in [9.17, 15) is 9.90 Å². The second kappa shape index (κ2) is 4.00. The first kappa shape index (κ1) is 10.7. The summed E-state index contributed by atoms with van der Waals surface area (Å²) in [5, 5.41) is 18.2. The Morgan fingerprint density at radius 3 is 2.47 bits per heavy atom. The summed E-state index contributed by atoms with van der Waals surface area (Å²) in [5.74, 6) is 0. The first-order valence-corrected chi connectivity index (χ1v) is 5.77. The molecule has 1 saturated carbocycles. The number of hydrogen-bond acceptors (Lipinski definition) is 2. The molecular weight excluding hydrogens is 194 g/mol. The SMILES string of the molecule is O=C(O)N1CC2(CCCCC2)CC1CO. The van der Waals surface area contributed by atoms with Crippen LogP contribution in [0.2, 0.25) is 0 Å². The van der Waals surface area contributed by atoms with Crippen LogP contribution in [0.3, 0.4) is 0 Å². The topological polar surface area (TPSA) is 60.8 Å². The summed E-state index contributed by atoms with van der Waals surface area (Å²) < 4.78 is 0. The van der Waals surface area contributed by atoms with Crippen LogP contribution >= 0.6 is 0 Å². The third-order valence-corrected chi connectivity index (χ3v) is 3.99. The van der Waals surface area contributed by atoms with Crippen LogP contribution in [0.25, 0.3) is 0 Å². The number of carboxylic acid groups (broad SMARTS) is 1. The fourth-order valence-electron chi connectivity index (χ4n) is 3.22. The number of amides is 1. The number of carbonyl (C=O) groups is 1. The third-order valence-electron chi connectivity index (χ3n) is 3.99. The van der Waals surface area contributed by atoms with E-state index in [4.69, 9.17) is 5.11 Å². The van der Waals surface area contributed by atoms with Gasteiger partial charge in [-0.1, -0.05) is 19.3 Å². The van der Waals surface area contributed by atoms with E-state index in [0.717, 1.165) is 19.3 Å². The molecule has 2 aliphatic rings. The standard InChI is InChI=1S/C11H19NO3/c13-7-9-6-11(4-2-1-3-5-11)8-12(9)10(14)15/h9,13H,1-8H2,(H,14,15). The average Bonchev–Trinajstić information content (AvgIpc) is 2.58. The third kappa shape index (κ3) is 1.95. The van der Waals surface area contributed by atoms with Gasteiger partial charge in [0.25, 0.3) is 0 Å². The molecule has 15 heavy (non-hydrogen) atoms. The van der Waals surface area contributed by atoms with Crippen molar-refractivity contribution in [3.63, 3.8) is 0 Å². The Labute approximate surface area is 89.9 Å². The van der Waals surface area contributed by atoms with Gasteiger partial charge in [0.1, 0.15) is 0 Å². The maximum Gasteiger partial charge on any atom is 0.407 e. The van der Waals surface area contributed by atoms with Crippen molar-refractivity contribution in [1.29, 1.82) is 0 Å². The molecule has 0 bridgehead atoms. The lowest BCUT2D eigenvalue weighted by Gasteiger charge is -2.32. The molecule has 4 nitrogen and oxygen atoms in total. The second-order valence-electron chi connectivity index (χ2n) is 5.01. The maximum absolute atomic E-state index is 11.0. The molecule has 0 radical (unpaired) electrons. The lowest BCUT2D eigenvalue weighted by Crippen LogP contribution is -2.37. The lowest BCUT2D eigenvalue weighted by molar-refractivity contribution is 0.115. The van der Waals surface area contributed by atoms with Crippen molar-refractivity contribution >= 4 is 6.09 Å². The van der Waals surface area contributed by atoms with E-state index in [1.165, 1.54) is 24.2 Å². The highest BCUT2D eigenvalue weighted by molar-refractivity contribution is 5.66. The Kier molecular flexibility index (Phi) is 2.87. The van der Waals surface area contributed by atoms with E-state index < -0.39 is 6.09 Å². The molecule has 1 atom stereocenters. The van der Waals surface area contributed by atoms with Crippen LogP contribution < -0.4 is 0 Å². The Balaban J connectivity index is 2.08. The molecule has 0 aromatic carbocycles. The number of hydrogen-bond donors (Lipinski definition) is 2. The van der Waals surface area contributed by atoms with Crippen molar-refractivity contribution in [1.82, 2.24) is 4.90 Å². The molecule has 1 aliphatic carbocycles. The summed E-state index contributed by atoms with van der Waals surface area (Å²) in [7, 11) is 0. The Morgan fingerprint density at radius 1 is 1.33 bits per heavy atom. The van der Waals surface area contributed by atoms with Gasteiger partial charge in [-0.25, -0.2) is 4.79 Å². The normalized spacial score (nSPS) is 29.7. The fraction of sp³-hybridized carbons (Fsp3) is 0.909. The van der Waals surface area contributed by atoms with Crippen LogP contribution in [0.15, 0.2) is 0 Å². The van der Waals surface area contributed by atoms with Crippen LogP contribution in [-0.2, 0) is 0 Å². The largest absolute Gasteiger partial charge is 0.465 e. The minimum atomic E-state index is -0.878. The fourth-order valence-corrected chi connectivity index (χ4v) is 3.22. The van der Waals surface area contributed by atoms with E-state index in [0.29, 0.717) is 6.54 Å². The van der Waals surface area contributed by atoms with E-state index in [1.54, 1.807) is 0 Å². The van der Waals surface area contributed by atoms with Crippen LogP contribution in [0.4, 0.5) is 4.79 Å². The molecular formula is C11H19NO3. The van der Waals surface area contributed by atoms with Crippen molar-refractivity contribution in [2.45, 2.75) is 44.6 Å². The summed E-state index contributed by atoms with van der Waals surface area (Å²) in [4.78, 5) is 12.4. The summed E-state index contributed by atoms with van der Waals surface area (Å²) in [5.41, 5.74) is 0.185. The van der Waals surface area contributed by atoms with Gasteiger partial charge in [0, 0.05) is 6.54 Å². The highest BCUT2D eigenvalue weighted by Crippen LogP contribution is 2.46. The summed E-state index contributed by atoms with van der Waals surface area (Å²) >= 11 is 0. The number of rotatable bonds is 1. The molecule has 0 aromatic heterocycles. The van der Waals surface area contributed by atoms with Crippen molar-refractivity contribution in [3.05, 3.63) is 0 Å². The second-order valence-corrected chi connectivity index (χ2v) is 5.01. The Hall–Kier alpha value is -0.770.